The van der Waals surface area contributed by atoms with Crippen LogP contribution in [-0.2, 0) is 4.79 Å². The van der Waals surface area contributed by atoms with Gasteiger partial charge in [-0.25, -0.2) is 9.59 Å². The molecule has 0 heterocycles. The quantitative estimate of drug-likeness (QED) is 0.676. The maximum absolute atomic E-state index is 11.7. The van der Waals surface area contributed by atoms with E-state index in [9.17, 15) is 14.7 Å². The number of halogens is 1. The molecule has 0 radical (unpaired) electrons. The number of hydrogen-bond acceptors (Lipinski definition) is 3. The number of aliphatic hydroxyl groups excluding tert-OH is 1. The van der Waals surface area contributed by atoms with Crippen LogP contribution in [0.3, 0.4) is 0 Å². The Bertz CT molecular complexity index is 470. The van der Waals surface area contributed by atoms with Crippen LogP contribution < -0.4 is 10.6 Å². The van der Waals surface area contributed by atoms with E-state index in [0.29, 0.717) is 10.7 Å². The van der Waals surface area contributed by atoms with Crippen molar-refractivity contribution in [2.45, 2.75) is 26.0 Å². The number of aliphatic hydroxyl groups is 1. The topological polar surface area (TPSA) is 98.7 Å². The smallest absolute Gasteiger partial charge is 0.328 e. The van der Waals surface area contributed by atoms with Gasteiger partial charge in [0.2, 0.25) is 0 Å². The molecule has 1 rings (SSSR count). The fourth-order valence-corrected chi connectivity index (χ4v) is 1.74. The molecule has 0 unspecified atom stereocenters. The molecule has 0 aliphatic rings. The van der Waals surface area contributed by atoms with Gasteiger partial charge >= 0.3 is 12.0 Å². The highest BCUT2D eigenvalue weighted by Gasteiger charge is 2.25. The Morgan fingerprint density at radius 1 is 1.37 bits per heavy atom. The monoisotopic (exact) mass is 286 g/mol. The summed E-state index contributed by atoms with van der Waals surface area (Å²) >= 11 is 5.93. The molecule has 0 saturated heterocycles. The summed E-state index contributed by atoms with van der Waals surface area (Å²) in [6.07, 6.45) is -1.21. The van der Waals surface area contributed by atoms with E-state index >= 15 is 0 Å². The number of carboxylic acids is 1. The minimum atomic E-state index is -1.39. The third-order valence-corrected chi connectivity index (χ3v) is 2.81. The van der Waals surface area contributed by atoms with E-state index in [-0.39, 0.29) is 0 Å². The minimum Gasteiger partial charge on any atom is -0.480 e. The number of aryl methyl sites for hydroxylation is 1. The zero-order valence-electron chi connectivity index (χ0n) is 10.5. The van der Waals surface area contributed by atoms with Crippen LogP contribution in [0.1, 0.15) is 12.5 Å². The lowest BCUT2D eigenvalue weighted by Gasteiger charge is -2.18. The number of nitrogens with one attached hydrogen (secondary N) is 2. The third kappa shape index (κ3) is 4.11. The average Bonchev–Trinajstić information content (AvgIpc) is 2.30. The maximum Gasteiger partial charge on any atom is 0.328 e. The Labute approximate surface area is 115 Å². The first-order valence-corrected chi connectivity index (χ1v) is 5.94. The predicted molar refractivity (Wildman–Crippen MR) is 71.4 cm³/mol. The second kappa shape index (κ2) is 6.40. The van der Waals surface area contributed by atoms with Crippen LogP contribution in [0.15, 0.2) is 18.2 Å². The number of rotatable bonds is 4. The lowest BCUT2D eigenvalue weighted by atomic mass is 10.2. The van der Waals surface area contributed by atoms with Gasteiger partial charge in [-0.05, 0) is 25.5 Å². The second-order valence-electron chi connectivity index (χ2n) is 4.09. The Balaban J connectivity index is 2.78. The van der Waals surface area contributed by atoms with Crippen LogP contribution in [0.2, 0.25) is 5.02 Å². The van der Waals surface area contributed by atoms with Gasteiger partial charge < -0.3 is 20.8 Å². The van der Waals surface area contributed by atoms with Crippen LogP contribution in [0.5, 0.6) is 0 Å². The zero-order chi connectivity index (χ0) is 14.6. The molecule has 0 saturated carbocycles. The summed E-state index contributed by atoms with van der Waals surface area (Å²) in [5.74, 6) is -1.32. The van der Waals surface area contributed by atoms with Crippen molar-refractivity contribution in [3.05, 3.63) is 28.8 Å². The standard InChI is InChI=1S/C12H15ClN2O4/c1-6-4-3-5-8(13)9(6)14-12(19)15-10(7(2)16)11(17)18/h3-5,7,10,16H,1-2H3,(H,17,18)(H2,14,15,19)/t7-,10+/m1/s1. The molecule has 1 aromatic rings. The molecule has 0 bridgehead atoms. The predicted octanol–water partition coefficient (Wildman–Crippen LogP) is 1.60. The van der Waals surface area contributed by atoms with Gasteiger partial charge in [-0.15, -0.1) is 0 Å². The highest BCUT2D eigenvalue weighted by molar-refractivity contribution is 6.33. The first-order valence-electron chi connectivity index (χ1n) is 5.56. The van der Waals surface area contributed by atoms with Gasteiger partial charge in [0.25, 0.3) is 0 Å². The molecule has 2 amide bonds. The van der Waals surface area contributed by atoms with Crippen molar-refractivity contribution in [3.63, 3.8) is 0 Å². The molecule has 0 aliphatic heterocycles. The summed E-state index contributed by atoms with van der Waals surface area (Å²) in [7, 11) is 0. The Morgan fingerprint density at radius 2 is 2.00 bits per heavy atom. The Hall–Kier alpha value is -1.79. The van der Waals surface area contributed by atoms with Gasteiger partial charge in [0.05, 0.1) is 16.8 Å². The summed E-state index contributed by atoms with van der Waals surface area (Å²) in [5.41, 5.74) is 1.14. The summed E-state index contributed by atoms with van der Waals surface area (Å²) in [5, 5.41) is 23.1. The molecule has 1 aromatic carbocycles. The number of benzene rings is 1. The molecular formula is C12H15ClN2O4. The fraction of sp³-hybridized carbons (Fsp3) is 0.333. The van der Waals surface area contributed by atoms with Crippen molar-refractivity contribution in [3.8, 4) is 0 Å². The minimum absolute atomic E-state index is 0.346. The van der Waals surface area contributed by atoms with Crippen molar-refractivity contribution >= 4 is 29.3 Å². The lowest BCUT2D eigenvalue weighted by Crippen LogP contribution is -2.49. The van der Waals surface area contributed by atoms with Gasteiger partial charge in [0.1, 0.15) is 0 Å². The maximum atomic E-state index is 11.7. The number of carbonyl (C=O) groups is 2. The number of hydrogen-bond donors (Lipinski definition) is 4. The van der Waals surface area contributed by atoms with Gasteiger partial charge in [0.15, 0.2) is 6.04 Å². The normalized spacial score (nSPS) is 13.5. The lowest BCUT2D eigenvalue weighted by molar-refractivity contribution is -0.141. The number of para-hydroxylation sites is 1. The van der Waals surface area contributed by atoms with E-state index in [1.54, 1.807) is 25.1 Å². The van der Waals surface area contributed by atoms with Crippen LogP contribution in [0.25, 0.3) is 0 Å². The van der Waals surface area contributed by atoms with E-state index in [2.05, 4.69) is 10.6 Å². The highest BCUT2D eigenvalue weighted by atomic mass is 35.5. The van der Waals surface area contributed by atoms with E-state index in [0.717, 1.165) is 5.56 Å². The van der Waals surface area contributed by atoms with Gasteiger partial charge in [-0.3, -0.25) is 0 Å². The molecule has 6 nitrogen and oxygen atoms in total. The van der Waals surface area contributed by atoms with Crippen molar-refractivity contribution < 1.29 is 19.8 Å². The van der Waals surface area contributed by atoms with Crippen LogP contribution in [0, 0.1) is 6.92 Å². The Kier molecular flexibility index (Phi) is 5.14. The fourth-order valence-electron chi connectivity index (χ4n) is 1.47. The molecule has 0 fully saturated rings. The molecule has 0 spiro atoms. The van der Waals surface area contributed by atoms with Gasteiger partial charge in [-0.2, -0.15) is 0 Å². The van der Waals surface area contributed by atoms with Gasteiger partial charge in [-0.1, -0.05) is 23.7 Å². The van der Waals surface area contributed by atoms with Crippen LogP contribution in [-0.4, -0.2) is 34.4 Å². The number of aliphatic carboxylic acids is 1. The van der Waals surface area contributed by atoms with Crippen molar-refractivity contribution in [1.82, 2.24) is 5.32 Å². The number of carbonyl (C=O) groups excluding carboxylic acids is 1. The summed E-state index contributed by atoms with van der Waals surface area (Å²) in [6, 6.07) is 2.96. The largest absolute Gasteiger partial charge is 0.480 e. The SMILES string of the molecule is Cc1cccc(Cl)c1NC(=O)N[C@H](C(=O)O)[C@@H](C)O. The molecule has 4 N–H and O–H groups in total. The van der Waals surface area contributed by atoms with Crippen molar-refractivity contribution in [1.29, 1.82) is 0 Å². The number of carboxylic acid groups (broad SMARTS) is 1. The second-order valence-corrected chi connectivity index (χ2v) is 4.49. The molecule has 0 aliphatic carbocycles. The number of amides is 2. The summed E-state index contributed by atoms with van der Waals surface area (Å²) < 4.78 is 0. The third-order valence-electron chi connectivity index (χ3n) is 2.50. The first kappa shape index (κ1) is 15.3. The van der Waals surface area contributed by atoms with Gasteiger partial charge in [0, 0.05) is 0 Å². The van der Waals surface area contributed by atoms with Crippen molar-refractivity contribution in [2.75, 3.05) is 5.32 Å². The molecule has 104 valence electrons. The number of anilines is 1. The first-order chi connectivity index (χ1) is 8.82. The molecule has 7 heteroatoms. The molecular weight excluding hydrogens is 272 g/mol. The van der Waals surface area contributed by atoms with E-state index < -0.39 is 24.1 Å². The van der Waals surface area contributed by atoms with Crippen LogP contribution >= 0.6 is 11.6 Å². The highest BCUT2D eigenvalue weighted by Crippen LogP contribution is 2.24. The molecule has 19 heavy (non-hydrogen) atoms. The van der Waals surface area contributed by atoms with Crippen molar-refractivity contribution in [2.24, 2.45) is 0 Å². The van der Waals surface area contributed by atoms with E-state index in [1.807, 2.05) is 0 Å². The number of urea groups is 1. The van der Waals surface area contributed by atoms with Crippen LogP contribution in [0.4, 0.5) is 10.5 Å². The summed E-state index contributed by atoms with van der Waals surface area (Å²) in [6.45, 7) is 3.03. The molecule has 0 aromatic heterocycles. The molecule has 2 atom stereocenters. The van der Waals surface area contributed by atoms with E-state index in [1.165, 1.54) is 6.92 Å². The summed E-state index contributed by atoms with van der Waals surface area (Å²) in [4.78, 5) is 22.5. The Morgan fingerprint density at radius 3 is 2.47 bits per heavy atom. The van der Waals surface area contributed by atoms with E-state index in [4.69, 9.17) is 16.7 Å². The average molecular weight is 287 g/mol. The zero-order valence-corrected chi connectivity index (χ0v) is 11.2.